The van der Waals surface area contributed by atoms with E-state index in [1.165, 1.54) is 0 Å². The van der Waals surface area contributed by atoms with Gasteiger partial charge < -0.3 is 10.0 Å². The number of hydrogen-bond acceptors (Lipinski definition) is 2. The van der Waals surface area contributed by atoms with Gasteiger partial charge in [0.05, 0.1) is 5.92 Å². The van der Waals surface area contributed by atoms with Crippen molar-refractivity contribution >= 4 is 11.9 Å². The fraction of sp³-hybridized carbons (Fsp3) is 0.857. The van der Waals surface area contributed by atoms with Gasteiger partial charge in [-0.15, -0.1) is 0 Å². The topological polar surface area (TPSA) is 57.6 Å². The molecule has 2 rings (SSSR count). The van der Waals surface area contributed by atoms with Crippen molar-refractivity contribution < 1.29 is 14.7 Å². The molecular formula is C14H23NO3. The van der Waals surface area contributed by atoms with Crippen molar-refractivity contribution in [2.24, 2.45) is 16.7 Å². The van der Waals surface area contributed by atoms with Gasteiger partial charge in [-0.1, -0.05) is 20.8 Å². The molecule has 0 aromatic carbocycles. The molecule has 0 radical (unpaired) electrons. The van der Waals surface area contributed by atoms with Gasteiger partial charge in [0.15, 0.2) is 0 Å². The largest absolute Gasteiger partial charge is 0.481 e. The van der Waals surface area contributed by atoms with Gasteiger partial charge in [0.25, 0.3) is 0 Å². The Morgan fingerprint density at radius 3 is 2.28 bits per heavy atom. The molecule has 4 nitrogen and oxygen atoms in total. The van der Waals surface area contributed by atoms with E-state index in [4.69, 9.17) is 5.11 Å². The van der Waals surface area contributed by atoms with E-state index in [2.05, 4.69) is 0 Å². The number of rotatable bonds is 3. The van der Waals surface area contributed by atoms with E-state index in [1.54, 1.807) is 0 Å². The maximum absolute atomic E-state index is 12.3. The van der Waals surface area contributed by atoms with Gasteiger partial charge in [-0.25, -0.2) is 0 Å². The van der Waals surface area contributed by atoms with E-state index in [0.29, 0.717) is 0 Å². The number of piperidine rings is 1. The highest BCUT2D eigenvalue weighted by molar-refractivity contribution is 5.82. The van der Waals surface area contributed by atoms with Crippen LogP contribution >= 0.6 is 0 Å². The summed E-state index contributed by atoms with van der Waals surface area (Å²) in [6.45, 7) is 7.45. The number of amides is 1. The summed E-state index contributed by atoms with van der Waals surface area (Å²) in [5.74, 6) is -0.607. The van der Waals surface area contributed by atoms with Gasteiger partial charge in [0.2, 0.25) is 5.91 Å². The fourth-order valence-corrected chi connectivity index (χ4v) is 2.98. The molecule has 1 amide bonds. The highest BCUT2D eigenvalue weighted by Crippen LogP contribution is 2.59. The van der Waals surface area contributed by atoms with Crippen molar-refractivity contribution in [3.8, 4) is 0 Å². The molecule has 0 aromatic rings. The molecule has 1 atom stereocenters. The lowest BCUT2D eigenvalue weighted by molar-refractivity contribution is -0.142. The normalized spacial score (nSPS) is 26.2. The average Bonchev–Trinajstić information content (AvgIpc) is 3.04. The number of carbonyl (C=O) groups excluding carboxylic acids is 1. The molecule has 1 heterocycles. The molecule has 1 saturated heterocycles. The van der Waals surface area contributed by atoms with Crippen LogP contribution in [0.1, 0.15) is 46.5 Å². The molecule has 18 heavy (non-hydrogen) atoms. The molecule has 1 saturated carbocycles. The van der Waals surface area contributed by atoms with E-state index in [0.717, 1.165) is 38.8 Å². The number of likely N-dealkylation sites (tertiary alicyclic amines) is 1. The summed E-state index contributed by atoms with van der Waals surface area (Å²) in [7, 11) is 0. The Morgan fingerprint density at radius 2 is 1.89 bits per heavy atom. The average molecular weight is 253 g/mol. The van der Waals surface area contributed by atoms with Crippen molar-refractivity contribution in [1.29, 1.82) is 0 Å². The van der Waals surface area contributed by atoms with Crippen LogP contribution in [0.5, 0.6) is 0 Å². The molecule has 2 aliphatic rings. The Kier molecular flexibility index (Phi) is 3.16. The molecule has 0 aromatic heterocycles. The molecule has 1 spiro atoms. The highest BCUT2D eigenvalue weighted by atomic mass is 16.4. The molecule has 1 aliphatic heterocycles. The molecule has 4 heteroatoms. The van der Waals surface area contributed by atoms with Crippen LogP contribution in [0.4, 0.5) is 0 Å². The number of nitrogens with zero attached hydrogens (tertiary/aromatic N) is 1. The Hall–Kier alpha value is -1.06. The second-order valence-electron chi connectivity index (χ2n) is 6.49. The minimum absolute atomic E-state index is 0.0129. The predicted molar refractivity (Wildman–Crippen MR) is 68.1 cm³/mol. The molecule has 1 aliphatic carbocycles. The van der Waals surface area contributed by atoms with Crippen LogP contribution in [0.15, 0.2) is 0 Å². The zero-order valence-electron chi connectivity index (χ0n) is 11.5. The van der Waals surface area contributed by atoms with Crippen LogP contribution in [0, 0.1) is 16.7 Å². The second kappa shape index (κ2) is 4.25. The number of aliphatic carboxylic acids is 1. The number of carboxylic acid groups (broad SMARTS) is 1. The molecule has 2 fully saturated rings. The van der Waals surface area contributed by atoms with Gasteiger partial charge in [-0.05, 0) is 31.1 Å². The quantitative estimate of drug-likeness (QED) is 0.838. The first kappa shape index (κ1) is 13.4. The first-order chi connectivity index (χ1) is 8.32. The lowest BCUT2D eigenvalue weighted by atomic mass is 9.85. The molecule has 1 unspecified atom stereocenters. The van der Waals surface area contributed by atoms with E-state index in [-0.39, 0.29) is 22.7 Å². The van der Waals surface area contributed by atoms with Crippen LogP contribution in [0.2, 0.25) is 0 Å². The summed E-state index contributed by atoms with van der Waals surface area (Å²) in [6.07, 6.45) is 3.36. The summed E-state index contributed by atoms with van der Waals surface area (Å²) >= 11 is 0. The maximum Gasteiger partial charge on any atom is 0.307 e. The SMILES string of the molecule is CCC(C)(C)C(=O)N1CCC2(CC1)CC2C(=O)O. The Morgan fingerprint density at radius 1 is 1.33 bits per heavy atom. The maximum atomic E-state index is 12.3. The van der Waals surface area contributed by atoms with Gasteiger partial charge in [0, 0.05) is 18.5 Å². The molecular weight excluding hydrogens is 230 g/mol. The van der Waals surface area contributed by atoms with E-state index < -0.39 is 5.97 Å². The molecule has 0 bridgehead atoms. The van der Waals surface area contributed by atoms with Crippen LogP contribution in [0.25, 0.3) is 0 Å². The Bertz CT molecular complexity index is 367. The Labute approximate surface area is 108 Å². The van der Waals surface area contributed by atoms with Crippen molar-refractivity contribution in [3.05, 3.63) is 0 Å². The third-order valence-electron chi connectivity index (χ3n) is 5.00. The molecule has 1 N–H and O–H groups in total. The van der Waals surface area contributed by atoms with Crippen LogP contribution in [0.3, 0.4) is 0 Å². The van der Waals surface area contributed by atoms with Crippen LogP contribution < -0.4 is 0 Å². The van der Waals surface area contributed by atoms with Crippen molar-refractivity contribution in [3.63, 3.8) is 0 Å². The zero-order chi connectivity index (χ0) is 13.6. The Balaban J connectivity index is 1.92. The standard InChI is InChI=1S/C14H23NO3/c1-4-13(2,3)12(18)15-7-5-14(6-8-15)9-10(14)11(16)17/h10H,4-9H2,1-3H3,(H,16,17). The minimum atomic E-state index is -0.663. The third kappa shape index (κ3) is 2.13. The lowest BCUT2D eigenvalue weighted by Gasteiger charge is -2.37. The third-order valence-corrected chi connectivity index (χ3v) is 5.00. The monoisotopic (exact) mass is 253 g/mol. The summed E-state index contributed by atoms with van der Waals surface area (Å²) in [6, 6.07) is 0. The van der Waals surface area contributed by atoms with Crippen LogP contribution in [-0.2, 0) is 9.59 Å². The van der Waals surface area contributed by atoms with Gasteiger partial charge in [-0.2, -0.15) is 0 Å². The smallest absolute Gasteiger partial charge is 0.307 e. The van der Waals surface area contributed by atoms with Crippen molar-refractivity contribution in [1.82, 2.24) is 4.90 Å². The highest BCUT2D eigenvalue weighted by Gasteiger charge is 2.59. The van der Waals surface area contributed by atoms with Gasteiger partial charge in [0.1, 0.15) is 0 Å². The summed E-state index contributed by atoms with van der Waals surface area (Å²) in [5, 5.41) is 9.03. The first-order valence-electron chi connectivity index (χ1n) is 6.84. The summed E-state index contributed by atoms with van der Waals surface area (Å²) in [5.41, 5.74) is -0.279. The summed E-state index contributed by atoms with van der Waals surface area (Å²) < 4.78 is 0. The number of carbonyl (C=O) groups is 2. The minimum Gasteiger partial charge on any atom is -0.481 e. The predicted octanol–water partition coefficient (Wildman–Crippen LogP) is 2.14. The van der Waals surface area contributed by atoms with E-state index in [9.17, 15) is 9.59 Å². The van der Waals surface area contributed by atoms with E-state index in [1.807, 2.05) is 25.7 Å². The van der Waals surface area contributed by atoms with E-state index >= 15 is 0 Å². The van der Waals surface area contributed by atoms with Crippen LogP contribution in [-0.4, -0.2) is 35.0 Å². The first-order valence-corrected chi connectivity index (χ1v) is 6.84. The lowest BCUT2D eigenvalue weighted by Crippen LogP contribution is -2.45. The fourth-order valence-electron chi connectivity index (χ4n) is 2.98. The number of carboxylic acids is 1. The van der Waals surface area contributed by atoms with Gasteiger partial charge in [-0.3, -0.25) is 9.59 Å². The van der Waals surface area contributed by atoms with Crippen molar-refractivity contribution in [2.75, 3.05) is 13.1 Å². The molecule has 102 valence electrons. The zero-order valence-corrected chi connectivity index (χ0v) is 11.5. The van der Waals surface area contributed by atoms with Gasteiger partial charge >= 0.3 is 5.97 Å². The van der Waals surface area contributed by atoms with Crippen molar-refractivity contribution in [2.45, 2.75) is 46.5 Å². The summed E-state index contributed by atoms with van der Waals surface area (Å²) in [4.78, 5) is 25.2. The second-order valence-corrected chi connectivity index (χ2v) is 6.49. The number of hydrogen-bond donors (Lipinski definition) is 1.